The van der Waals surface area contributed by atoms with E-state index in [-0.39, 0.29) is 0 Å². The summed E-state index contributed by atoms with van der Waals surface area (Å²) in [6, 6.07) is 8.25. The lowest BCUT2D eigenvalue weighted by molar-refractivity contribution is 0.324. The Morgan fingerprint density at radius 1 is 0.885 bits per heavy atom. The molecule has 0 bridgehead atoms. The van der Waals surface area contributed by atoms with Gasteiger partial charge in [0.1, 0.15) is 5.75 Å². The van der Waals surface area contributed by atoms with E-state index in [2.05, 4.69) is 12.1 Å². The minimum absolute atomic E-state index is 0.341. The van der Waals surface area contributed by atoms with Crippen molar-refractivity contribution in [3.8, 4) is 23.0 Å². The Balaban J connectivity index is 1.87. The molecular formula is C20H24O4S2. The first-order valence-electron chi connectivity index (χ1n) is 8.35. The molecule has 2 atom stereocenters. The number of phenolic OH excluding ortho intramolecular Hbond substituents is 1. The van der Waals surface area contributed by atoms with Crippen molar-refractivity contribution in [1.29, 1.82) is 0 Å². The molecule has 26 heavy (non-hydrogen) atoms. The van der Waals surface area contributed by atoms with Crippen LogP contribution in [0.1, 0.15) is 32.1 Å². The monoisotopic (exact) mass is 392 g/mol. The van der Waals surface area contributed by atoms with Gasteiger partial charge in [-0.25, -0.2) is 0 Å². The molecule has 0 spiro atoms. The molecule has 0 saturated carbocycles. The molecule has 1 N–H and O–H groups in total. The molecule has 2 aromatic carbocycles. The smallest absolute Gasteiger partial charge is 0.203 e. The lowest BCUT2D eigenvalue weighted by atomic mass is 10.1. The van der Waals surface area contributed by atoms with Gasteiger partial charge in [-0.15, -0.1) is 23.5 Å². The van der Waals surface area contributed by atoms with E-state index in [1.54, 1.807) is 21.3 Å². The molecule has 1 fully saturated rings. The Kier molecular flexibility index (Phi) is 5.82. The van der Waals surface area contributed by atoms with Crippen molar-refractivity contribution in [2.75, 3.05) is 27.1 Å². The van der Waals surface area contributed by atoms with Gasteiger partial charge in [-0.2, -0.15) is 0 Å². The first kappa shape index (κ1) is 19.1. The van der Waals surface area contributed by atoms with Crippen LogP contribution < -0.4 is 14.2 Å². The second-order valence-corrected chi connectivity index (χ2v) is 9.00. The van der Waals surface area contributed by atoms with E-state index < -0.39 is 0 Å². The molecule has 3 rings (SSSR count). The molecule has 1 saturated heterocycles. The molecule has 2 aromatic rings. The molecule has 0 aromatic heterocycles. The van der Waals surface area contributed by atoms with Gasteiger partial charge in [-0.3, -0.25) is 0 Å². The molecule has 6 heteroatoms. The van der Waals surface area contributed by atoms with Gasteiger partial charge in [0, 0.05) is 11.0 Å². The fourth-order valence-corrected chi connectivity index (χ4v) is 6.42. The topological polar surface area (TPSA) is 47.9 Å². The van der Waals surface area contributed by atoms with Gasteiger partial charge in [0.05, 0.1) is 25.9 Å². The standard InChI is InChI=1S/C20H24O4S2/c1-11-6-14(7-12(2)18(11)21)20-25-10-17(26-20)13-8-15(22-3)19(24-5)16(9-13)23-4/h6-9,17,20-21H,10H2,1-5H3/t17-,20+/m0/s1. The van der Waals surface area contributed by atoms with Crippen LogP contribution in [0.25, 0.3) is 0 Å². The molecular weight excluding hydrogens is 368 g/mol. The quantitative estimate of drug-likeness (QED) is 0.749. The Labute approximate surface area is 163 Å². The maximum Gasteiger partial charge on any atom is 0.203 e. The van der Waals surface area contributed by atoms with Crippen LogP contribution in [0.5, 0.6) is 23.0 Å². The van der Waals surface area contributed by atoms with Gasteiger partial charge in [0.2, 0.25) is 5.75 Å². The molecule has 1 heterocycles. The van der Waals surface area contributed by atoms with Crippen LogP contribution in [0.3, 0.4) is 0 Å². The zero-order valence-corrected chi connectivity index (χ0v) is 17.3. The summed E-state index contributed by atoms with van der Waals surface area (Å²) in [5, 5.41) is 10.4. The number of hydrogen-bond donors (Lipinski definition) is 1. The SMILES string of the molecule is COc1cc([C@@H]2CS[C@@H](c3cc(C)c(O)c(C)c3)S2)cc(OC)c1OC. The van der Waals surface area contributed by atoms with Crippen LogP contribution >= 0.6 is 23.5 Å². The van der Waals surface area contributed by atoms with Crippen LogP contribution in [0.15, 0.2) is 24.3 Å². The number of benzene rings is 2. The number of methoxy groups -OCH3 is 3. The van der Waals surface area contributed by atoms with Gasteiger partial charge in [-0.05, 0) is 48.2 Å². The number of aromatic hydroxyl groups is 1. The zero-order valence-electron chi connectivity index (χ0n) is 15.7. The number of hydrogen-bond acceptors (Lipinski definition) is 6. The molecule has 0 aliphatic carbocycles. The van der Waals surface area contributed by atoms with Crippen molar-refractivity contribution >= 4 is 23.5 Å². The second-order valence-electron chi connectivity index (χ2n) is 6.25. The van der Waals surface area contributed by atoms with Gasteiger partial charge < -0.3 is 19.3 Å². The van der Waals surface area contributed by atoms with E-state index in [4.69, 9.17) is 14.2 Å². The fraction of sp³-hybridized carbons (Fsp3) is 0.400. The van der Waals surface area contributed by atoms with Crippen molar-refractivity contribution in [3.63, 3.8) is 0 Å². The highest BCUT2D eigenvalue weighted by Crippen LogP contribution is 2.57. The van der Waals surface area contributed by atoms with E-state index in [1.807, 2.05) is 49.5 Å². The summed E-state index contributed by atoms with van der Waals surface area (Å²) in [7, 11) is 4.90. The summed E-state index contributed by atoms with van der Waals surface area (Å²) in [5.41, 5.74) is 4.28. The largest absolute Gasteiger partial charge is 0.507 e. The Morgan fingerprint density at radius 3 is 1.96 bits per heavy atom. The Hall–Kier alpha value is -1.66. The third-order valence-electron chi connectivity index (χ3n) is 4.53. The molecule has 4 nitrogen and oxygen atoms in total. The Bertz CT molecular complexity index is 758. The van der Waals surface area contributed by atoms with Crippen LogP contribution in [-0.4, -0.2) is 32.2 Å². The normalized spacial score (nSPS) is 19.4. The molecule has 0 radical (unpaired) electrons. The lowest BCUT2D eigenvalue weighted by Crippen LogP contribution is -1.99. The Morgan fingerprint density at radius 2 is 1.46 bits per heavy atom. The summed E-state index contributed by atoms with van der Waals surface area (Å²) in [5.74, 6) is 3.39. The molecule has 140 valence electrons. The van der Waals surface area contributed by atoms with Crippen molar-refractivity contribution in [1.82, 2.24) is 0 Å². The third-order valence-corrected chi connectivity index (χ3v) is 7.87. The third kappa shape index (κ3) is 3.58. The van der Waals surface area contributed by atoms with E-state index >= 15 is 0 Å². The van der Waals surface area contributed by atoms with Crippen molar-refractivity contribution in [2.24, 2.45) is 0 Å². The predicted octanol–water partition coefficient (Wildman–Crippen LogP) is 5.25. The van der Waals surface area contributed by atoms with E-state index in [0.29, 0.717) is 32.8 Å². The van der Waals surface area contributed by atoms with Crippen molar-refractivity contribution in [2.45, 2.75) is 23.7 Å². The highest BCUT2D eigenvalue weighted by molar-refractivity contribution is 8.19. The van der Waals surface area contributed by atoms with E-state index in [9.17, 15) is 5.11 Å². The number of ether oxygens (including phenoxy) is 3. The van der Waals surface area contributed by atoms with Crippen LogP contribution in [-0.2, 0) is 0 Å². The molecule has 0 unspecified atom stereocenters. The van der Waals surface area contributed by atoms with E-state index in [1.165, 1.54) is 11.1 Å². The molecule has 1 aliphatic heterocycles. The van der Waals surface area contributed by atoms with Crippen LogP contribution in [0.2, 0.25) is 0 Å². The van der Waals surface area contributed by atoms with E-state index in [0.717, 1.165) is 16.9 Å². The van der Waals surface area contributed by atoms with Crippen LogP contribution in [0.4, 0.5) is 0 Å². The summed E-state index contributed by atoms with van der Waals surface area (Å²) >= 11 is 3.85. The van der Waals surface area contributed by atoms with Crippen molar-refractivity contribution < 1.29 is 19.3 Å². The maximum atomic E-state index is 10.0. The number of thioether (sulfide) groups is 2. The van der Waals surface area contributed by atoms with Crippen molar-refractivity contribution in [3.05, 3.63) is 46.5 Å². The van der Waals surface area contributed by atoms with Gasteiger partial charge >= 0.3 is 0 Å². The van der Waals surface area contributed by atoms with Gasteiger partial charge in [0.15, 0.2) is 11.5 Å². The minimum atomic E-state index is 0.341. The van der Waals surface area contributed by atoms with Gasteiger partial charge in [0.25, 0.3) is 0 Å². The highest BCUT2D eigenvalue weighted by Gasteiger charge is 2.30. The predicted molar refractivity (Wildman–Crippen MR) is 109 cm³/mol. The van der Waals surface area contributed by atoms with Crippen LogP contribution in [0, 0.1) is 13.8 Å². The first-order chi connectivity index (χ1) is 12.5. The average Bonchev–Trinajstić information content (AvgIpc) is 3.14. The lowest BCUT2D eigenvalue weighted by Gasteiger charge is -2.17. The summed E-state index contributed by atoms with van der Waals surface area (Å²) in [6.07, 6.45) is 0. The summed E-state index contributed by atoms with van der Waals surface area (Å²) in [4.78, 5) is 0. The minimum Gasteiger partial charge on any atom is -0.507 e. The van der Waals surface area contributed by atoms with Gasteiger partial charge in [-0.1, -0.05) is 12.1 Å². The molecule has 0 amide bonds. The molecule has 1 aliphatic rings. The number of aryl methyl sites for hydroxylation is 2. The maximum absolute atomic E-state index is 10.0. The highest BCUT2D eigenvalue weighted by atomic mass is 32.2. The fourth-order valence-electron chi connectivity index (χ4n) is 3.16. The number of rotatable bonds is 5. The summed E-state index contributed by atoms with van der Waals surface area (Å²) < 4.78 is 16.7. The number of phenols is 1. The average molecular weight is 393 g/mol. The second kappa shape index (κ2) is 7.92. The zero-order chi connectivity index (χ0) is 18.8. The first-order valence-corrected chi connectivity index (χ1v) is 10.3. The summed E-state index contributed by atoms with van der Waals surface area (Å²) in [6.45, 7) is 3.90.